The van der Waals surface area contributed by atoms with Gasteiger partial charge in [-0.25, -0.2) is 0 Å². The largest absolute Gasteiger partial charge is 0.323 e. The fraction of sp³-hybridized carbons (Fsp3) is 0.643. The number of hydrogen-bond acceptors (Lipinski definition) is 2. The summed E-state index contributed by atoms with van der Waals surface area (Å²) in [5, 5.41) is 0. The molecule has 1 aromatic rings. The molecule has 16 heavy (non-hydrogen) atoms. The maximum atomic E-state index is 6.24. The summed E-state index contributed by atoms with van der Waals surface area (Å²) in [7, 11) is 0. The van der Waals surface area contributed by atoms with Gasteiger partial charge in [0, 0.05) is 12.2 Å². The first-order valence-electron chi connectivity index (χ1n) is 6.38. The lowest BCUT2D eigenvalue weighted by Gasteiger charge is -2.18. The van der Waals surface area contributed by atoms with Crippen molar-refractivity contribution in [1.29, 1.82) is 0 Å². The molecule has 0 fully saturated rings. The summed E-state index contributed by atoms with van der Waals surface area (Å²) >= 11 is 0. The molecule has 0 saturated heterocycles. The van der Waals surface area contributed by atoms with Crippen LogP contribution in [-0.4, -0.2) is 4.98 Å². The van der Waals surface area contributed by atoms with E-state index in [0.717, 1.165) is 18.5 Å². The van der Waals surface area contributed by atoms with Gasteiger partial charge in [0.2, 0.25) is 0 Å². The van der Waals surface area contributed by atoms with Gasteiger partial charge in [0.05, 0.1) is 5.69 Å². The Labute approximate surface area is 99.3 Å². The molecule has 90 valence electrons. The second kappa shape index (κ2) is 6.64. The van der Waals surface area contributed by atoms with E-state index in [1.54, 1.807) is 0 Å². The van der Waals surface area contributed by atoms with Gasteiger partial charge in [-0.2, -0.15) is 0 Å². The van der Waals surface area contributed by atoms with E-state index in [-0.39, 0.29) is 6.04 Å². The van der Waals surface area contributed by atoms with Crippen LogP contribution in [0, 0.1) is 5.92 Å². The Morgan fingerprint density at radius 2 is 2.12 bits per heavy atom. The van der Waals surface area contributed by atoms with Crippen LogP contribution >= 0.6 is 0 Å². The van der Waals surface area contributed by atoms with Gasteiger partial charge in [0.15, 0.2) is 0 Å². The van der Waals surface area contributed by atoms with E-state index >= 15 is 0 Å². The second-order valence-corrected chi connectivity index (χ2v) is 4.64. The first-order chi connectivity index (χ1) is 7.69. The van der Waals surface area contributed by atoms with Crippen LogP contribution in [0.25, 0.3) is 0 Å². The lowest BCUT2D eigenvalue weighted by Crippen LogP contribution is -2.17. The van der Waals surface area contributed by atoms with Gasteiger partial charge < -0.3 is 5.73 Å². The van der Waals surface area contributed by atoms with Crippen LogP contribution in [-0.2, 0) is 6.42 Å². The third kappa shape index (κ3) is 3.60. The summed E-state index contributed by atoms with van der Waals surface area (Å²) in [5.74, 6) is 0.687. The molecule has 0 radical (unpaired) electrons. The highest BCUT2D eigenvalue weighted by Gasteiger charge is 2.14. The van der Waals surface area contributed by atoms with E-state index in [9.17, 15) is 0 Å². The number of nitrogens with zero attached hydrogens (tertiary/aromatic N) is 1. The molecule has 1 rings (SSSR count). The van der Waals surface area contributed by atoms with Crippen LogP contribution in [0.1, 0.15) is 57.3 Å². The highest BCUT2D eigenvalue weighted by Crippen LogP contribution is 2.22. The SMILES string of the molecule is CCCC(C)CC(N)c1ncccc1CC. The third-order valence-electron chi connectivity index (χ3n) is 3.10. The molecule has 0 amide bonds. The van der Waals surface area contributed by atoms with E-state index in [0.29, 0.717) is 5.92 Å². The van der Waals surface area contributed by atoms with E-state index < -0.39 is 0 Å². The lowest BCUT2D eigenvalue weighted by molar-refractivity contribution is 0.434. The Bertz CT molecular complexity index is 309. The standard InChI is InChI=1S/C14H24N2/c1-4-7-11(3)10-13(15)14-12(5-2)8-6-9-16-14/h6,8-9,11,13H,4-5,7,10,15H2,1-3H3. The van der Waals surface area contributed by atoms with Crippen molar-refractivity contribution in [3.63, 3.8) is 0 Å². The van der Waals surface area contributed by atoms with Crippen molar-refractivity contribution in [3.05, 3.63) is 29.6 Å². The van der Waals surface area contributed by atoms with Crippen LogP contribution in [0.3, 0.4) is 0 Å². The van der Waals surface area contributed by atoms with Gasteiger partial charge in [0.1, 0.15) is 0 Å². The zero-order valence-electron chi connectivity index (χ0n) is 10.7. The Morgan fingerprint density at radius 1 is 1.38 bits per heavy atom. The molecule has 1 heterocycles. The number of aromatic nitrogens is 1. The quantitative estimate of drug-likeness (QED) is 0.797. The predicted octanol–water partition coefficient (Wildman–Crippen LogP) is 3.47. The highest BCUT2D eigenvalue weighted by molar-refractivity contribution is 5.22. The van der Waals surface area contributed by atoms with E-state index in [1.807, 2.05) is 12.3 Å². The summed E-state index contributed by atoms with van der Waals surface area (Å²) in [4.78, 5) is 4.44. The van der Waals surface area contributed by atoms with Crippen molar-refractivity contribution < 1.29 is 0 Å². The number of nitrogens with two attached hydrogens (primary N) is 1. The number of hydrogen-bond donors (Lipinski definition) is 1. The van der Waals surface area contributed by atoms with Crippen LogP contribution < -0.4 is 5.73 Å². The molecule has 0 saturated carbocycles. The second-order valence-electron chi connectivity index (χ2n) is 4.64. The molecular formula is C14H24N2. The topological polar surface area (TPSA) is 38.9 Å². The summed E-state index contributed by atoms with van der Waals surface area (Å²) in [5.41, 5.74) is 8.62. The van der Waals surface area contributed by atoms with Crippen molar-refractivity contribution in [2.75, 3.05) is 0 Å². The fourth-order valence-electron chi connectivity index (χ4n) is 2.24. The van der Waals surface area contributed by atoms with Gasteiger partial charge in [-0.1, -0.05) is 39.7 Å². The van der Waals surface area contributed by atoms with Crippen LogP contribution in [0.2, 0.25) is 0 Å². The molecule has 2 atom stereocenters. The minimum absolute atomic E-state index is 0.0951. The zero-order chi connectivity index (χ0) is 12.0. The van der Waals surface area contributed by atoms with Gasteiger partial charge in [-0.15, -0.1) is 0 Å². The molecule has 2 N–H and O–H groups in total. The first kappa shape index (κ1) is 13.2. The summed E-state index contributed by atoms with van der Waals surface area (Å²) < 4.78 is 0. The molecule has 0 aliphatic heterocycles. The minimum atomic E-state index is 0.0951. The van der Waals surface area contributed by atoms with Gasteiger partial charge in [0.25, 0.3) is 0 Å². The molecule has 2 unspecified atom stereocenters. The number of rotatable bonds is 6. The van der Waals surface area contributed by atoms with Gasteiger partial charge in [-0.3, -0.25) is 4.98 Å². The zero-order valence-corrected chi connectivity index (χ0v) is 10.7. The molecule has 2 nitrogen and oxygen atoms in total. The molecular weight excluding hydrogens is 196 g/mol. The van der Waals surface area contributed by atoms with E-state index in [4.69, 9.17) is 5.73 Å². The molecule has 0 aliphatic rings. The molecule has 0 aliphatic carbocycles. The van der Waals surface area contributed by atoms with Crippen molar-refractivity contribution >= 4 is 0 Å². The minimum Gasteiger partial charge on any atom is -0.323 e. The average Bonchev–Trinajstić information content (AvgIpc) is 2.29. The summed E-state index contributed by atoms with van der Waals surface area (Å²) in [6.45, 7) is 6.65. The summed E-state index contributed by atoms with van der Waals surface area (Å²) in [6.07, 6.45) is 6.38. The molecule has 0 bridgehead atoms. The van der Waals surface area contributed by atoms with Crippen LogP contribution in [0.4, 0.5) is 0 Å². The molecule has 0 aromatic carbocycles. The summed E-state index contributed by atoms with van der Waals surface area (Å²) in [6, 6.07) is 4.22. The van der Waals surface area contributed by atoms with Crippen molar-refractivity contribution in [3.8, 4) is 0 Å². The lowest BCUT2D eigenvalue weighted by atomic mass is 9.93. The fourth-order valence-corrected chi connectivity index (χ4v) is 2.24. The van der Waals surface area contributed by atoms with E-state index in [1.165, 1.54) is 18.4 Å². The normalized spacial score (nSPS) is 14.8. The van der Waals surface area contributed by atoms with Crippen LogP contribution in [0.5, 0.6) is 0 Å². The Hall–Kier alpha value is -0.890. The van der Waals surface area contributed by atoms with Crippen molar-refractivity contribution in [1.82, 2.24) is 4.98 Å². The van der Waals surface area contributed by atoms with Gasteiger partial charge in [-0.05, 0) is 30.4 Å². The number of pyridine rings is 1. The first-order valence-corrected chi connectivity index (χ1v) is 6.38. The highest BCUT2D eigenvalue weighted by atomic mass is 14.8. The predicted molar refractivity (Wildman–Crippen MR) is 69.2 cm³/mol. The van der Waals surface area contributed by atoms with E-state index in [2.05, 4.69) is 31.8 Å². The average molecular weight is 220 g/mol. The monoisotopic (exact) mass is 220 g/mol. The third-order valence-corrected chi connectivity index (χ3v) is 3.10. The number of aryl methyl sites for hydroxylation is 1. The molecule has 1 aromatic heterocycles. The van der Waals surface area contributed by atoms with Gasteiger partial charge >= 0.3 is 0 Å². The molecule has 2 heteroatoms. The van der Waals surface area contributed by atoms with Crippen LogP contribution in [0.15, 0.2) is 18.3 Å². The van der Waals surface area contributed by atoms with Crippen molar-refractivity contribution in [2.24, 2.45) is 11.7 Å². The Morgan fingerprint density at radius 3 is 2.75 bits per heavy atom. The Balaban J connectivity index is 2.68. The van der Waals surface area contributed by atoms with Crippen molar-refractivity contribution in [2.45, 2.75) is 52.5 Å². The maximum Gasteiger partial charge on any atom is 0.0602 e. The molecule has 0 spiro atoms. The smallest absolute Gasteiger partial charge is 0.0602 e. The Kier molecular flexibility index (Phi) is 5.47. The maximum absolute atomic E-state index is 6.24.